The van der Waals surface area contributed by atoms with Crippen molar-refractivity contribution in [1.29, 1.82) is 0 Å². The molecule has 3 N–H and O–H groups in total. The van der Waals surface area contributed by atoms with Crippen LogP contribution in [0.2, 0.25) is 0 Å². The number of pyridine rings is 1. The van der Waals surface area contributed by atoms with Crippen molar-refractivity contribution in [3.63, 3.8) is 0 Å². The van der Waals surface area contributed by atoms with Crippen molar-refractivity contribution in [3.8, 4) is 5.88 Å². The Morgan fingerprint density at radius 3 is 3.11 bits per heavy atom. The largest absolute Gasteiger partial charge is 0.476 e. The van der Waals surface area contributed by atoms with Crippen molar-refractivity contribution in [2.24, 2.45) is 0 Å². The summed E-state index contributed by atoms with van der Waals surface area (Å²) >= 11 is 0. The second-order valence-corrected chi connectivity index (χ2v) is 6.67. The molecule has 1 fully saturated rings. The predicted octanol–water partition coefficient (Wildman–Crippen LogP) is 1.17. The zero-order valence-electron chi connectivity index (χ0n) is 14.6. The van der Waals surface area contributed by atoms with Gasteiger partial charge in [-0.3, -0.25) is 4.79 Å². The molecule has 1 atom stereocenters. The minimum Gasteiger partial charge on any atom is -0.476 e. The highest BCUT2D eigenvalue weighted by Crippen LogP contribution is 2.35. The standard InChI is InChI=1S/C18H19N7O2/c19-16-15-17-22-13(6-9-25(17)23-16)24-8-2-4-12(24)11-3-1-5-14(21-11)27-10-7-20-18(15)26/h1,3,5-6,9,12H,2,4,7-8,10H2,(H2,19,23)(H,20,26). The van der Waals surface area contributed by atoms with Crippen LogP contribution in [0.3, 0.4) is 0 Å². The molecule has 3 aromatic heterocycles. The van der Waals surface area contributed by atoms with Crippen LogP contribution in [-0.2, 0) is 0 Å². The number of carbonyl (C=O) groups excluding carboxylic acids is 1. The average molecular weight is 365 g/mol. The Bertz CT molecular complexity index is 1030. The molecule has 0 radical (unpaired) electrons. The zero-order chi connectivity index (χ0) is 18.4. The van der Waals surface area contributed by atoms with E-state index >= 15 is 0 Å². The maximum absolute atomic E-state index is 12.6. The third kappa shape index (κ3) is 2.62. The molecule has 1 saturated heterocycles. The first kappa shape index (κ1) is 15.9. The van der Waals surface area contributed by atoms with E-state index in [9.17, 15) is 4.79 Å². The number of amides is 1. The number of aromatic nitrogens is 4. The molecule has 9 nitrogen and oxygen atoms in total. The van der Waals surface area contributed by atoms with Crippen molar-refractivity contribution in [2.45, 2.75) is 18.9 Å². The van der Waals surface area contributed by atoms with Crippen molar-refractivity contribution in [2.75, 3.05) is 30.3 Å². The second kappa shape index (κ2) is 6.11. The minimum atomic E-state index is -0.313. The van der Waals surface area contributed by atoms with Crippen molar-refractivity contribution < 1.29 is 9.53 Å². The molecule has 0 saturated carbocycles. The van der Waals surface area contributed by atoms with E-state index < -0.39 is 0 Å². The SMILES string of the molecule is Nc1nn2ccc3nc2c1C(=O)NCCOc1cccc(n1)C1CCCN31. The Morgan fingerprint density at radius 1 is 1.26 bits per heavy atom. The zero-order valence-corrected chi connectivity index (χ0v) is 14.6. The van der Waals surface area contributed by atoms with E-state index in [1.54, 1.807) is 10.7 Å². The predicted molar refractivity (Wildman–Crippen MR) is 98.8 cm³/mol. The van der Waals surface area contributed by atoms with Crippen LogP contribution in [0.15, 0.2) is 30.5 Å². The minimum absolute atomic E-state index is 0.115. The summed E-state index contributed by atoms with van der Waals surface area (Å²) in [6, 6.07) is 7.80. The summed E-state index contributed by atoms with van der Waals surface area (Å²) in [7, 11) is 0. The number of nitrogen functional groups attached to an aromatic ring is 1. The molecule has 0 aliphatic carbocycles. The van der Waals surface area contributed by atoms with Crippen LogP contribution < -0.4 is 20.7 Å². The van der Waals surface area contributed by atoms with Gasteiger partial charge in [0.2, 0.25) is 5.88 Å². The number of rotatable bonds is 0. The summed E-state index contributed by atoms with van der Waals surface area (Å²) < 4.78 is 7.25. The molecule has 1 amide bonds. The van der Waals surface area contributed by atoms with Crippen LogP contribution in [0.25, 0.3) is 5.65 Å². The van der Waals surface area contributed by atoms with Crippen LogP contribution in [0.4, 0.5) is 11.6 Å². The summed E-state index contributed by atoms with van der Waals surface area (Å²) in [6.07, 6.45) is 3.82. The molecule has 2 aliphatic rings. The molecule has 3 aromatic rings. The monoisotopic (exact) mass is 365 g/mol. The Kier molecular flexibility index (Phi) is 3.59. The third-order valence-corrected chi connectivity index (χ3v) is 5.00. The molecule has 0 aromatic carbocycles. The number of carbonyl (C=O) groups is 1. The molecule has 27 heavy (non-hydrogen) atoms. The number of fused-ring (bicyclic) bond motifs is 6. The van der Waals surface area contributed by atoms with Gasteiger partial charge in [0.25, 0.3) is 5.91 Å². The van der Waals surface area contributed by atoms with Gasteiger partial charge in [0.1, 0.15) is 18.0 Å². The molecule has 5 rings (SSSR count). The molecule has 2 aliphatic heterocycles. The van der Waals surface area contributed by atoms with E-state index in [0.29, 0.717) is 30.2 Å². The Hall–Kier alpha value is -3.36. The summed E-state index contributed by atoms with van der Waals surface area (Å²) in [4.78, 5) is 24.2. The van der Waals surface area contributed by atoms with Crippen molar-refractivity contribution in [1.82, 2.24) is 24.9 Å². The average Bonchev–Trinajstić information content (AvgIpc) is 3.28. The fourth-order valence-corrected chi connectivity index (χ4v) is 3.77. The lowest BCUT2D eigenvalue weighted by molar-refractivity contribution is 0.0949. The fourth-order valence-electron chi connectivity index (χ4n) is 3.77. The lowest BCUT2D eigenvalue weighted by atomic mass is 10.1. The van der Waals surface area contributed by atoms with Crippen molar-refractivity contribution in [3.05, 3.63) is 41.7 Å². The third-order valence-electron chi connectivity index (χ3n) is 5.00. The van der Waals surface area contributed by atoms with Gasteiger partial charge in [-0.25, -0.2) is 14.5 Å². The van der Waals surface area contributed by atoms with Crippen LogP contribution in [-0.4, -0.2) is 45.2 Å². The Balaban J connectivity index is 1.67. The van der Waals surface area contributed by atoms with Gasteiger partial charge in [-0.1, -0.05) is 6.07 Å². The first-order chi connectivity index (χ1) is 13.2. The van der Waals surface area contributed by atoms with E-state index in [2.05, 4.69) is 20.3 Å². The molecular formula is C18H19N7O2. The van der Waals surface area contributed by atoms with Gasteiger partial charge in [0.15, 0.2) is 11.5 Å². The summed E-state index contributed by atoms with van der Waals surface area (Å²) in [6.45, 7) is 1.51. The first-order valence-electron chi connectivity index (χ1n) is 9.00. The lowest BCUT2D eigenvalue weighted by Crippen LogP contribution is -2.29. The number of anilines is 2. The summed E-state index contributed by atoms with van der Waals surface area (Å²) in [5.74, 6) is 1.19. The number of nitrogens with zero attached hydrogens (tertiary/aromatic N) is 5. The summed E-state index contributed by atoms with van der Waals surface area (Å²) in [5, 5.41) is 7.02. The highest BCUT2D eigenvalue weighted by Gasteiger charge is 2.30. The Labute approximate surface area is 155 Å². The number of nitrogens with two attached hydrogens (primary N) is 1. The van der Waals surface area contributed by atoms with E-state index in [4.69, 9.17) is 15.5 Å². The summed E-state index contributed by atoms with van der Waals surface area (Å²) in [5.41, 5.74) is 7.69. The highest BCUT2D eigenvalue weighted by molar-refractivity contribution is 6.04. The molecule has 5 heterocycles. The van der Waals surface area contributed by atoms with Gasteiger partial charge in [0.05, 0.1) is 18.3 Å². The van der Waals surface area contributed by atoms with Gasteiger partial charge in [0, 0.05) is 18.8 Å². The lowest BCUT2D eigenvalue weighted by Gasteiger charge is -2.25. The molecule has 9 heteroatoms. The maximum Gasteiger partial charge on any atom is 0.259 e. The van der Waals surface area contributed by atoms with Crippen LogP contribution in [0, 0.1) is 0 Å². The van der Waals surface area contributed by atoms with Gasteiger partial charge in [-0.15, -0.1) is 5.10 Å². The number of nitrogens with one attached hydrogen (secondary N) is 1. The normalized spacial score (nSPS) is 19.5. The van der Waals surface area contributed by atoms with Gasteiger partial charge in [-0.05, 0) is 25.0 Å². The van der Waals surface area contributed by atoms with Gasteiger partial charge < -0.3 is 20.7 Å². The number of hydrogen-bond acceptors (Lipinski definition) is 7. The van der Waals surface area contributed by atoms with Gasteiger partial charge in [-0.2, -0.15) is 0 Å². The number of hydrogen-bond donors (Lipinski definition) is 2. The first-order valence-corrected chi connectivity index (χ1v) is 9.00. The van der Waals surface area contributed by atoms with E-state index in [1.807, 2.05) is 24.3 Å². The van der Waals surface area contributed by atoms with E-state index in [-0.39, 0.29) is 17.8 Å². The quantitative estimate of drug-likeness (QED) is 0.615. The smallest absolute Gasteiger partial charge is 0.259 e. The molecule has 1 unspecified atom stereocenters. The van der Waals surface area contributed by atoms with E-state index in [0.717, 1.165) is 30.9 Å². The Morgan fingerprint density at radius 2 is 2.19 bits per heavy atom. The second-order valence-electron chi connectivity index (χ2n) is 6.67. The molecule has 138 valence electrons. The topological polar surface area (TPSA) is 111 Å². The van der Waals surface area contributed by atoms with Crippen molar-refractivity contribution >= 4 is 23.2 Å². The maximum atomic E-state index is 12.6. The van der Waals surface area contributed by atoms with Crippen LogP contribution >= 0.6 is 0 Å². The molecule has 0 spiro atoms. The van der Waals surface area contributed by atoms with E-state index in [1.165, 1.54) is 0 Å². The number of ether oxygens (including phenoxy) is 1. The van der Waals surface area contributed by atoms with Crippen LogP contribution in [0.5, 0.6) is 5.88 Å². The fraction of sp³-hybridized carbons (Fsp3) is 0.333. The highest BCUT2D eigenvalue weighted by atomic mass is 16.5. The molecular weight excluding hydrogens is 346 g/mol. The van der Waals surface area contributed by atoms with Crippen LogP contribution in [0.1, 0.15) is 34.9 Å². The molecule has 4 bridgehead atoms. The van der Waals surface area contributed by atoms with Gasteiger partial charge >= 0.3 is 0 Å².